The van der Waals surface area contributed by atoms with Crippen molar-refractivity contribution < 1.29 is 4.42 Å². The van der Waals surface area contributed by atoms with Gasteiger partial charge in [0, 0.05) is 29.9 Å². The van der Waals surface area contributed by atoms with Gasteiger partial charge in [0.2, 0.25) is 0 Å². The number of halogens is 1. The molecular formula is C14H12ClN3O. The molecule has 3 aromatic rings. The molecule has 0 saturated heterocycles. The Labute approximate surface area is 115 Å². The third-order valence-corrected chi connectivity index (χ3v) is 3.26. The standard InChI is InChI=1S/C14H12ClN3O/c1-18(8-10-6-7-19-9-10)14-12-5-3-2-4-11(12)13(15)16-17-14/h2-7,9H,8H2,1H3. The van der Waals surface area contributed by atoms with Gasteiger partial charge in [0.25, 0.3) is 0 Å². The molecule has 0 fully saturated rings. The van der Waals surface area contributed by atoms with E-state index in [1.54, 1.807) is 12.5 Å². The number of aromatic nitrogens is 2. The van der Waals surface area contributed by atoms with Crippen LogP contribution in [0, 0.1) is 0 Å². The van der Waals surface area contributed by atoms with E-state index in [1.165, 1.54) is 0 Å². The van der Waals surface area contributed by atoms with Crippen LogP contribution in [0.2, 0.25) is 5.15 Å². The monoisotopic (exact) mass is 273 g/mol. The van der Waals surface area contributed by atoms with E-state index in [1.807, 2.05) is 42.3 Å². The number of fused-ring (bicyclic) bond motifs is 1. The van der Waals surface area contributed by atoms with Crippen molar-refractivity contribution in [3.05, 3.63) is 53.6 Å². The number of benzene rings is 1. The molecule has 0 atom stereocenters. The first-order chi connectivity index (χ1) is 9.25. The summed E-state index contributed by atoms with van der Waals surface area (Å²) in [6.45, 7) is 0.705. The summed E-state index contributed by atoms with van der Waals surface area (Å²) in [5.41, 5.74) is 1.09. The van der Waals surface area contributed by atoms with Crippen LogP contribution >= 0.6 is 11.6 Å². The van der Waals surface area contributed by atoms with Crippen LogP contribution in [0.5, 0.6) is 0 Å². The molecule has 4 nitrogen and oxygen atoms in total. The minimum atomic E-state index is 0.427. The maximum Gasteiger partial charge on any atom is 0.159 e. The fourth-order valence-corrected chi connectivity index (χ4v) is 2.27. The highest BCUT2D eigenvalue weighted by Gasteiger charge is 2.11. The second-order valence-corrected chi connectivity index (χ2v) is 4.71. The van der Waals surface area contributed by atoms with E-state index in [-0.39, 0.29) is 0 Å². The fraction of sp³-hybridized carbons (Fsp3) is 0.143. The zero-order chi connectivity index (χ0) is 13.2. The molecule has 0 aliphatic carbocycles. The van der Waals surface area contributed by atoms with Gasteiger partial charge in [0.15, 0.2) is 11.0 Å². The maximum atomic E-state index is 6.07. The van der Waals surface area contributed by atoms with Gasteiger partial charge in [-0.2, -0.15) is 0 Å². The van der Waals surface area contributed by atoms with Crippen molar-refractivity contribution in [1.29, 1.82) is 0 Å². The third kappa shape index (κ3) is 2.27. The van der Waals surface area contributed by atoms with E-state index in [2.05, 4.69) is 10.2 Å². The predicted molar refractivity (Wildman–Crippen MR) is 75.4 cm³/mol. The Morgan fingerprint density at radius 2 is 1.95 bits per heavy atom. The van der Waals surface area contributed by atoms with Crippen molar-refractivity contribution >= 4 is 28.2 Å². The van der Waals surface area contributed by atoms with Gasteiger partial charge >= 0.3 is 0 Å². The van der Waals surface area contributed by atoms with Crippen LogP contribution in [-0.4, -0.2) is 17.2 Å². The van der Waals surface area contributed by atoms with Crippen LogP contribution in [0.25, 0.3) is 10.8 Å². The summed E-state index contributed by atoms with van der Waals surface area (Å²) in [5.74, 6) is 0.807. The Morgan fingerprint density at radius 3 is 2.68 bits per heavy atom. The van der Waals surface area contributed by atoms with Gasteiger partial charge < -0.3 is 9.32 Å². The van der Waals surface area contributed by atoms with Crippen molar-refractivity contribution in [1.82, 2.24) is 10.2 Å². The quantitative estimate of drug-likeness (QED) is 0.732. The summed E-state index contributed by atoms with van der Waals surface area (Å²) in [7, 11) is 1.97. The molecule has 0 unspecified atom stereocenters. The maximum absolute atomic E-state index is 6.07. The van der Waals surface area contributed by atoms with Gasteiger partial charge in [-0.25, -0.2) is 0 Å². The molecule has 2 heterocycles. The summed E-state index contributed by atoms with van der Waals surface area (Å²) < 4.78 is 5.07. The van der Waals surface area contributed by atoms with Crippen molar-refractivity contribution in [2.24, 2.45) is 0 Å². The number of furan rings is 1. The molecule has 0 aliphatic heterocycles. The van der Waals surface area contributed by atoms with Crippen LogP contribution in [0.4, 0.5) is 5.82 Å². The molecule has 0 N–H and O–H groups in total. The van der Waals surface area contributed by atoms with Crippen molar-refractivity contribution in [2.75, 3.05) is 11.9 Å². The molecule has 0 bridgehead atoms. The van der Waals surface area contributed by atoms with Gasteiger partial charge in [-0.1, -0.05) is 35.9 Å². The van der Waals surface area contributed by atoms with Crippen molar-refractivity contribution in [3.63, 3.8) is 0 Å². The zero-order valence-corrected chi connectivity index (χ0v) is 11.1. The fourth-order valence-electron chi connectivity index (χ4n) is 2.07. The summed E-state index contributed by atoms with van der Waals surface area (Å²) in [5, 5.41) is 10.5. The van der Waals surface area contributed by atoms with Gasteiger partial charge in [-0.3, -0.25) is 0 Å². The molecule has 0 aliphatic rings. The average molecular weight is 274 g/mol. The second kappa shape index (κ2) is 4.90. The van der Waals surface area contributed by atoms with Gasteiger partial charge in [0.1, 0.15) is 0 Å². The molecule has 0 saturated carbocycles. The van der Waals surface area contributed by atoms with Crippen molar-refractivity contribution in [3.8, 4) is 0 Å². The Balaban J connectivity index is 2.03. The SMILES string of the molecule is CN(Cc1ccoc1)c1nnc(Cl)c2ccccc12. The molecule has 2 aromatic heterocycles. The minimum absolute atomic E-state index is 0.427. The van der Waals surface area contributed by atoms with E-state index in [9.17, 15) is 0 Å². The van der Waals surface area contributed by atoms with Crippen LogP contribution < -0.4 is 4.90 Å². The van der Waals surface area contributed by atoms with E-state index >= 15 is 0 Å². The van der Waals surface area contributed by atoms with Crippen LogP contribution in [0.1, 0.15) is 5.56 Å². The third-order valence-electron chi connectivity index (χ3n) is 2.98. The molecule has 96 valence electrons. The highest BCUT2D eigenvalue weighted by molar-refractivity contribution is 6.34. The largest absolute Gasteiger partial charge is 0.472 e. The smallest absolute Gasteiger partial charge is 0.159 e. The molecule has 3 rings (SSSR count). The summed E-state index contributed by atoms with van der Waals surface area (Å²) in [6, 6.07) is 9.78. The first kappa shape index (κ1) is 12.0. The first-order valence-electron chi connectivity index (χ1n) is 5.89. The Morgan fingerprint density at radius 1 is 1.16 bits per heavy atom. The highest BCUT2D eigenvalue weighted by atomic mass is 35.5. The molecule has 5 heteroatoms. The average Bonchev–Trinajstić information content (AvgIpc) is 2.92. The lowest BCUT2D eigenvalue weighted by Crippen LogP contribution is -2.18. The van der Waals surface area contributed by atoms with Crippen LogP contribution in [0.3, 0.4) is 0 Å². The van der Waals surface area contributed by atoms with E-state index in [0.717, 1.165) is 22.2 Å². The lowest BCUT2D eigenvalue weighted by Gasteiger charge is -2.18. The van der Waals surface area contributed by atoms with Gasteiger partial charge in [-0.15, -0.1) is 10.2 Å². The molecular weight excluding hydrogens is 262 g/mol. The van der Waals surface area contributed by atoms with Crippen molar-refractivity contribution in [2.45, 2.75) is 6.54 Å². The van der Waals surface area contributed by atoms with Crippen LogP contribution in [-0.2, 0) is 6.54 Å². The molecule has 0 spiro atoms. The zero-order valence-electron chi connectivity index (χ0n) is 10.4. The summed E-state index contributed by atoms with van der Waals surface area (Å²) in [6.07, 6.45) is 3.39. The predicted octanol–water partition coefficient (Wildman–Crippen LogP) is 3.51. The van der Waals surface area contributed by atoms with Crippen LogP contribution in [0.15, 0.2) is 47.3 Å². The highest BCUT2D eigenvalue weighted by Crippen LogP contribution is 2.28. The normalized spacial score (nSPS) is 10.8. The van der Waals surface area contributed by atoms with Gasteiger partial charge in [0.05, 0.1) is 12.5 Å². The molecule has 0 amide bonds. The number of anilines is 1. The summed E-state index contributed by atoms with van der Waals surface area (Å²) >= 11 is 6.07. The number of hydrogen-bond acceptors (Lipinski definition) is 4. The Kier molecular flexibility index (Phi) is 3.09. The first-order valence-corrected chi connectivity index (χ1v) is 6.26. The number of rotatable bonds is 3. The summed E-state index contributed by atoms with van der Waals surface area (Å²) in [4.78, 5) is 2.02. The lowest BCUT2D eigenvalue weighted by atomic mass is 10.2. The molecule has 1 aromatic carbocycles. The minimum Gasteiger partial charge on any atom is -0.472 e. The van der Waals surface area contributed by atoms with E-state index < -0.39 is 0 Å². The number of hydrogen-bond donors (Lipinski definition) is 0. The van der Waals surface area contributed by atoms with E-state index in [0.29, 0.717) is 11.7 Å². The Hall–Kier alpha value is -2.07. The lowest BCUT2D eigenvalue weighted by molar-refractivity contribution is 0.563. The second-order valence-electron chi connectivity index (χ2n) is 4.35. The molecule has 19 heavy (non-hydrogen) atoms. The van der Waals surface area contributed by atoms with Gasteiger partial charge in [-0.05, 0) is 6.07 Å². The Bertz CT molecular complexity index is 697. The number of nitrogens with zero attached hydrogens (tertiary/aromatic N) is 3. The topological polar surface area (TPSA) is 42.2 Å². The molecule has 0 radical (unpaired) electrons. The van der Waals surface area contributed by atoms with E-state index in [4.69, 9.17) is 16.0 Å².